The molecule has 54 valence electrons. The monoisotopic (exact) mass is 140 g/mol. The molecular formula is C6H8N2O2. The number of aromatic nitrogens is 1. The highest BCUT2D eigenvalue weighted by Gasteiger charge is 2.19. The van der Waals surface area contributed by atoms with Crippen LogP contribution in [-0.2, 0) is 24.5 Å². The van der Waals surface area contributed by atoms with E-state index in [1.54, 1.807) is 0 Å². The molecule has 0 aliphatic carbocycles. The Balaban J connectivity index is 2.44. The molecule has 0 fully saturated rings. The zero-order valence-electron chi connectivity index (χ0n) is 5.46. The second kappa shape index (κ2) is 2.07. The molecule has 4 nitrogen and oxygen atoms in total. The van der Waals surface area contributed by atoms with Gasteiger partial charge < -0.3 is 15.0 Å². The van der Waals surface area contributed by atoms with Crippen LogP contribution in [0.3, 0.4) is 0 Å². The normalized spacial score (nSPS) is 15.7. The molecule has 0 atom stereocenters. The number of rotatable bonds is 1. The summed E-state index contributed by atoms with van der Waals surface area (Å²) < 4.78 is 10.1. The molecule has 0 saturated carbocycles. The molecule has 0 bridgehead atoms. The number of hydrogen-bond acceptors (Lipinski definition) is 4. The first-order valence-electron chi connectivity index (χ1n) is 3.16. The summed E-state index contributed by atoms with van der Waals surface area (Å²) >= 11 is 0. The summed E-state index contributed by atoms with van der Waals surface area (Å²) in [4.78, 5) is 0. The van der Waals surface area contributed by atoms with Crippen molar-refractivity contribution < 1.29 is 9.26 Å². The third kappa shape index (κ3) is 0.661. The Hall–Kier alpha value is -0.870. The van der Waals surface area contributed by atoms with E-state index in [1.165, 1.54) is 0 Å². The lowest BCUT2D eigenvalue weighted by atomic mass is 10.2. The van der Waals surface area contributed by atoms with Crippen LogP contribution in [0.1, 0.15) is 17.0 Å². The number of fused-ring (bicyclic) bond motifs is 1. The quantitative estimate of drug-likeness (QED) is 0.603. The zero-order chi connectivity index (χ0) is 6.97. The summed E-state index contributed by atoms with van der Waals surface area (Å²) in [5, 5.41) is 3.79. The lowest BCUT2D eigenvalue weighted by Gasteiger charge is -1.89. The summed E-state index contributed by atoms with van der Waals surface area (Å²) in [5.74, 6) is 0.757. The second-order valence-electron chi connectivity index (χ2n) is 2.23. The molecule has 1 aliphatic heterocycles. The predicted octanol–water partition coefficient (Wildman–Crippen LogP) is 0.163. The van der Waals surface area contributed by atoms with Crippen LogP contribution in [0.25, 0.3) is 0 Å². The van der Waals surface area contributed by atoms with Gasteiger partial charge in [-0.25, -0.2) is 0 Å². The van der Waals surface area contributed by atoms with E-state index in [1.807, 2.05) is 0 Å². The lowest BCUT2D eigenvalue weighted by molar-refractivity contribution is 0.125. The van der Waals surface area contributed by atoms with Crippen LogP contribution in [0.5, 0.6) is 0 Å². The van der Waals surface area contributed by atoms with Gasteiger partial charge in [0.1, 0.15) is 5.69 Å². The Morgan fingerprint density at radius 3 is 3.20 bits per heavy atom. The largest absolute Gasteiger partial charge is 0.370 e. The molecule has 1 aromatic heterocycles. The van der Waals surface area contributed by atoms with Gasteiger partial charge in [-0.3, -0.25) is 0 Å². The van der Waals surface area contributed by atoms with Crippen molar-refractivity contribution in [1.82, 2.24) is 5.16 Å². The van der Waals surface area contributed by atoms with Gasteiger partial charge in [-0.05, 0) is 0 Å². The average molecular weight is 140 g/mol. The van der Waals surface area contributed by atoms with Crippen LogP contribution >= 0.6 is 0 Å². The van der Waals surface area contributed by atoms with Crippen molar-refractivity contribution in [3.05, 3.63) is 17.0 Å². The summed E-state index contributed by atoms with van der Waals surface area (Å²) in [5.41, 5.74) is 7.33. The molecule has 1 aromatic rings. The Morgan fingerprint density at radius 2 is 2.40 bits per heavy atom. The van der Waals surface area contributed by atoms with Gasteiger partial charge in [-0.2, -0.15) is 0 Å². The molecule has 0 spiro atoms. The standard InChI is InChI=1S/C6H8N2O2/c7-1-6-4-2-9-3-5(4)8-10-6/h1-3,7H2. The van der Waals surface area contributed by atoms with Gasteiger partial charge in [0.25, 0.3) is 0 Å². The fourth-order valence-electron chi connectivity index (χ4n) is 1.07. The maximum Gasteiger partial charge on any atom is 0.156 e. The molecule has 2 heterocycles. The maximum absolute atomic E-state index is 5.38. The van der Waals surface area contributed by atoms with Crippen LogP contribution in [-0.4, -0.2) is 5.16 Å². The van der Waals surface area contributed by atoms with E-state index in [4.69, 9.17) is 15.0 Å². The minimum atomic E-state index is 0.408. The molecule has 0 aromatic carbocycles. The molecule has 0 unspecified atom stereocenters. The first kappa shape index (κ1) is 5.88. The zero-order valence-corrected chi connectivity index (χ0v) is 5.46. The van der Waals surface area contributed by atoms with Gasteiger partial charge in [-0.1, -0.05) is 5.16 Å². The molecule has 4 heteroatoms. The van der Waals surface area contributed by atoms with Crippen molar-refractivity contribution in [1.29, 1.82) is 0 Å². The third-order valence-corrected chi connectivity index (χ3v) is 1.62. The third-order valence-electron chi connectivity index (χ3n) is 1.62. The number of nitrogens with zero attached hydrogens (tertiary/aromatic N) is 1. The van der Waals surface area contributed by atoms with E-state index in [2.05, 4.69) is 5.16 Å². The summed E-state index contributed by atoms with van der Waals surface area (Å²) in [6.45, 7) is 1.58. The van der Waals surface area contributed by atoms with Gasteiger partial charge >= 0.3 is 0 Å². The molecule has 1 aliphatic rings. The Bertz CT molecular complexity index is 244. The summed E-state index contributed by atoms with van der Waals surface area (Å²) in [6.07, 6.45) is 0. The van der Waals surface area contributed by atoms with Crippen LogP contribution < -0.4 is 5.73 Å². The van der Waals surface area contributed by atoms with E-state index in [0.29, 0.717) is 19.8 Å². The van der Waals surface area contributed by atoms with Crippen molar-refractivity contribution in [2.45, 2.75) is 19.8 Å². The number of ether oxygens (including phenoxy) is 1. The van der Waals surface area contributed by atoms with Crippen LogP contribution in [0.2, 0.25) is 0 Å². The second-order valence-corrected chi connectivity index (χ2v) is 2.23. The molecule has 2 rings (SSSR count). The smallest absolute Gasteiger partial charge is 0.156 e. The van der Waals surface area contributed by atoms with Gasteiger partial charge in [0, 0.05) is 5.56 Å². The fourth-order valence-corrected chi connectivity index (χ4v) is 1.07. The van der Waals surface area contributed by atoms with Crippen molar-refractivity contribution in [2.24, 2.45) is 5.73 Å². The van der Waals surface area contributed by atoms with Crippen LogP contribution in [0.4, 0.5) is 0 Å². The van der Waals surface area contributed by atoms with E-state index in [0.717, 1.165) is 17.0 Å². The van der Waals surface area contributed by atoms with Gasteiger partial charge in [0.05, 0.1) is 19.8 Å². The minimum absolute atomic E-state index is 0.408. The SMILES string of the molecule is NCc1onc2c1COC2. The molecule has 10 heavy (non-hydrogen) atoms. The number of nitrogens with two attached hydrogens (primary N) is 1. The highest BCUT2D eigenvalue weighted by atomic mass is 16.5. The summed E-state index contributed by atoms with van der Waals surface area (Å²) in [6, 6.07) is 0. The van der Waals surface area contributed by atoms with Gasteiger partial charge in [-0.15, -0.1) is 0 Å². The number of hydrogen-bond donors (Lipinski definition) is 1. The topological polar surface area (TPSA) is 61.3 Å². The molecule has 0 saturated heterocycles. The Morgan fingerprint density at radius 1 is 1.50 bits per heavy atom. The molecule has 0 amide bonds. The van der Waals surface area contributed by atoms with Crippen molar-refractivity contribution in [2.75, 3.05) is 0 Å². The lowest BCUT2D eigenvalue weighted by Crippen LogP contribution is -1.97. The van der Waals surface area contributed by atoms with E-state index < -0.39 is 0 Å². The van der Waals surface area contributed by atoms with Crippen molar-refractivity contribution in [3.63, 3.8) is 0 Å². The molecule has 2 N–H and O–H groups in total. The van der Waals surface area contributed by atoms with Gasteiger partial charge in [0.15, 0.2) is 5.76 Å². The Kier molecular flexibility index (Phi) is 1.22. The van der Waals surface area contributed by atoms with Crippen molar-refractivity contribution >= 4 is 0 Å². The highest BCUT2D eigenvalue weighted by molar-refractivity contribution is 5.23. The predicted molar refractivity (Wildman–Crippen MR) is 32.9 cm³/mol. The van der Waals surface area contributed by atoms with Crippen molar-refractivity contribution in [3.8, 4) is 0 Å². The van der Waals surface area contributed by atoms with E-state index in [9.17, 15) is 0 Å². The molecular weight excluding hydrogens is 132 g/mol. The fraction of sp³-hybridized carbons (Fsp3) is 0.500. The van der Waals surface area contributed by atoms with Crippen LogP contribution in [0.15, 0.2) is 4.52 Å². The average Bonchev–Trinajstić information content (AvgIpc) is 2.44. The highest BCUT2D eigenvalue weighted by Crippen LogP contribution is 2.21. The van der Waals surface area contributed by atoms with E-state index in [-0.39, 0.29) is 0 Å². The minimum Gasteiger partial charge on any atom is -0.370 e. The van der Waals surface area contributed by atoms with Crippen LogP contribution in [0, 0.1) is 0 Å². The van der Waals surface area contributed by atoms with E-state index >= 15 is 0 Å². The van der Waals surface area contributed by atoms with Gasteiger partial charge in [0.2, 0.25) is 0 Å². The first-order chi connectivity index (χ1) is 4.92. The maximum atomic E-state index is 5.38. The summed E-state index contributed by atoms with van der Waals surface area (Å²) in [7, 11) is 0. The first-order valence-corrected chi connectivity index (χ1v) is 3.16. The molecule has 0 radical (unpaired) electrons. The Labute approximate surface area is 57.9 Å².